The Kier molecular flexibility index (Phi) is 9.54. The van der Waals surface area contributed by atoms with Crippen molar-refractivity contribution in [2.45, 2.75) is 48.5 Å². The van der Waals surface area contributed by atoms with E-state index in [0.717, 1.165) is 5.39 Å². The summed E-state index contributed by atoms with van der Waals surface area (Å²) in [6.07, 6.45) is 1.59. The molecule has 2 aromatic rings. The third kappa shape index (κ3) is 4.65. The minimum absolute atomic E-state index is 0.0763. The Hall–Kier alpha value is -2.17. The van der Waals surface area contributed by atoms with E-state index in [-0.39, 0.29) is 17.4 Å². The summed E-state index contributed by atoms with van der Waals surface area (Å²) in [5, 5.41) is 11.0. The van der Waals surface area contributed by atoms with Gasteiger partial charge in [-0.25, -0.2) is 4.98 Å². The van der Waals surface area contributed by atoms with Gasteiger partial charge in [-0.2, -0.15) is 0 Å². The average molecular weight is 319 g/mol. The second kappa shape index (κ2) is 10.5. The van der Waals surface area contributed by atoms with Crippen molar-refractivity contribution in [3.63, 3.8) is 0 Å². The first-order valence-corrected chi connectivity index (χ1v) is 8.33. The molecule has 0 saturated heterocycles. The van der Waals surface area contributed by atoms with Gasteiger partial charge in [0, 0.05) is 30.4 Å². The first kappa shape index (κ1) is 20.8. The number of hydrogen-bond acceptors (Lipinski definition) is 4. The first-order valence-electron chi connectivity index (χ1n) is 8.33. The molecule has 0 radical (unpaired) electrons. The number of amides is 1. The van der Waals surface area contributed by atoms with Gasteiger partial charge in [-0.15, -0.1) is 0 Å². The molecule has 1 amide bonds. The molecular formula is C18H29N3O2. The molecule has 0 aliphatic heterocycles. The number of rotatable bonds is 3. The van der Waals surface area contributed by atoms with Crippen LogP contribution in [0.5, 0.6) is 5.75 Å². The number of hydrogen-bond donors (Lipinski definition) is 1. The molecule has 0 atom stereocenters. The van der Waals surface area contributed by atoms with Gasteiger partial charge in [-0.3, -0.25) is 9.78 Å². The van der Waals surface area contributed by atoms with Gasteiger partial charge in [0.2, 0.25) is 0 Å². The summed E-state index contributed by atoms with van der Waals surface area (Å²) in [5.41, 5.74) is 1.19. The summed E-state index contributed by atoms with van der Waals surface area (Å²) in [6, 6.07) is 3.61. The molecule has 5 heteroatoms. The quantitative estimate of drug-likeness (QED) is 0.921. The van der Waals surface area contributed by atoms with Crippen molar-refractivity contribution in [2.75, 3.05) is 13.1 Å². The van der Waals surface area contributed by atoms with Crippen LogP contribution in [-0.4, -0.2) is 39.0 Å². The largest absolute Gasteiger partial charge is 0.504 e. The molecule has 2 rings (SSSR count). The van der Waals surface area contributed by atoms with Gasteiger partial charge in [-0.1, -0.05) is 27.7 Å². The van der Waals surface area contributed by atoms with Crippen LogP contribution in [0.4, 0.5) is 0 Å². The van der Waals surface area contributed by atoms with Crippen LogP contribution >= 0.6 is 0 Å². The number of aromatic nitrogens is 2. The zero-order valence-electron chi connectivity index (χ0n) is 15.3. The average Bonchev–Trinajstić information content (AvgIpc) is 2.62. The maximum Gasteiger partial charge on any atom is 0.276 e. The smallest absolute Gasteiger partial charge is 0.276 e. The van der Waals surface area contributed by atoms with Gasteiger partial charge in [0.1, 0.15) is 5.52 Å². The molecule has 0 aromatic carbocycles. The summed E-state index contributed by atoms with van der Waals surface area (Å²) in [4.78, 5) is 22.3. The fraction of sp³-hybridized carbons (Fsp3) is 0.500. The Labute approximate surface area is 139 Å². The SMILES string of the molecule is CC.CC.CCN(CC)C(=O)c1nc(C)c2cccnc2c1O. The van der Waals surface area contributed by atoms with Crippen LogP contribution in [0.3, 0.4) is 0 Å². The molecule has 0 bridgehead atoms. The summed E-state index contributed by atoms with van der Waals surface area (Å²) >= 11 is 0. The second-order valence-electron chi connectivity index (χ2n) is 4.27. The van der Waals surface area contributed by atoms with Crippen molar-refractivity contribution in [1.82, 2.24) is 14.9 Å². The summed E-state index contributed by atoms with van der Waals surface area (Å²) in [5.74, 6) is -0.406. The van der Waals surface area contributed by atoms with Crippen LogP contribution in [0, 0.1) is 6.92 Å². The molecule has 2 aromatic heterocycles. The van der Waals surface area contributed by atoms with Gasteiger partial charge in [0.25, 0.3) is 5.91 Å². The van der Waals surface area contributed by atoms with E-state index in [0.29, 0.717) is 24.3 Å². The van der Waals surface area contributed by atoms with Crippen LogP contribution in [0.15, 0.2) is 18.3 Å². The molecule has 128 valence electrons. The van der Waals surface area contributed by atoms with E-state index >= 15 is 0 Å². The fourth-order valence-corrected chi connectivity index (χ4v) is 2.09. The van der Waals surface area contributed by atoms with Crippen LogP contribution in [0.1, 0.15) is 57.7 Å². The molecule has 0 fully saturated rings. The van der Waals surface area contributed by atoms with E-state index < -0.39 is 0 Å². The molecule has 0 saturated carbocycles. The number of aryl methyl sites for hydroxylation is 1. The van der Waals surface area contributed by atoms with Crippen molar-refractivity contribution in [3.8, 4) is 5.75 Å². The molecule has 0 spiro atoms. The molecule has 0 unspecified atom stereocenters. The van der Waals surface area contributed by atoms with Gasteiger partial charge in [0.15, 0.2) is 11.4 Å². The normalized spacial score (nSPS) is 9.35. The third-order valence-corrected chi connectivity index (χ3v) is 3.18. The predicted molar refractivity (Wildman–Crippen MR) is 95.9 cm³/mol. The number of carbonyl (C=O) groups excluding carboxylic acids is 1. The van der Waals surface area contributed by atoms with Crippen LogP contribution in [0.2, 0.25) is 0 Å². The molecule has 2 heterocycles. The number of nitrogens with zero attached hydrogens (tertiary/aromatic N) is 3. The zero-order valence-corrected chi connectivity index (χ0v) is 15.3. The molecule has 0 aliphatic rings. The summed E-state index contributed by atoms with van der Waals surface area (Å²) < 4.78 is 0. The van der Waals surface area contributed by atoms with Gasteiger partial charge >= 0.3 is 0 Å². The van der Waals surface area contributed by atoms with Gasteiger partial charge in [0.05, 0.1) is 0 Å². The number of fused-ring (bicyclic) bond motifs is 1. The number of carbonyl (C=O) groups is 1. The Morgan fingerprint density at radius 3 is 2.26 bits per heavy atom. The standard InChI is InChI=1S/C14H17N3O2.2C2H6/c1-4-17(5-2)14(19)12-13(18)11-10(9(3)16-12)7-6-8-15-11;2*1-2/h6-8,18H,4-5H2,1-3H3;2*1-2H3. The second-order valence-corrected chi connectivity index (χ2v) is 4.27. The van der Waals surface area contributed by atoms with Crippen molar-refractivity contribution in [2.24, 2.45) is 0 Å². The Morgan fingerprint density at radius 1 is 1.17 bits per heavy atom. The van der Waals surface area contributed by atoms with Crippen molar-refractivity contribution in [1.29, 1.82) is 0 Å². The highest BCUT2D eigenvalue weighted by Gasteiger charge is 2.21. The van der Waals surface area contributed by atoms with E-state index in [2.05, 4.69) is 9.97 Å². The van der Waals surface area contributed by atoms with Gasteiger partial charge < -0.3 is 10.0 Å². The lowest BCUT2D eigenvalue weighted by molar-refractivity contribution is 0.0764. The van der Waals surface area contributed by atoms with E-state index in [1.165, 1.54) is 0 Å². The van der Waals surface area contributed by atoms with E-state index in [9.17, 15) is 9.90 Å². The van der Waals surface area contributed by atoms with Crippen molar-refractivity contribution >= 4 is 16.8 Å². The van der Waals surface area contributed by atoms with Crippen LogP contribution < -0.4 is 0 Å². The minimum atomic E-state index is -0.266. The van der Waals surface area contributed by atoms with Crippen molar-refractivity contribution < 1.29 is 9.90 Å². The number of pyridine rings is 2. The topological polar surface area (TPSA) is 66.3 Å². The lowest BCUT2D eigenvalue weighted by atomic mass is 10.1. The molecular weight excluding hydrogens is 290 g/mol. The fourth-order valence-electron chi connectivity index (χ4n) is 2.09. The van der Waals surface area contributed by atoms with E-state index in [1.54, 1.807) is 17.2 Å². The lowest BCUT2D eigenvalue weighted by Crippen LogP contribution is -2.31. The zero-order chi connectivity index (χ0) is 18.0. The molecule has 1 N–H and O–H groups in total. The lowest BCUT2D eigenvalue weighted by Gasteiger charge is -2.19. The Balaban J connectivity index is 0.00000112. The first-order chi connectivity index (χ1) is 11.1. The molecule has 23 heavy (non-hydrogen) atoms. The van der Waals surface area contributed by atoms with Crippen LogP contribution in [-0.2, 0) is 0 Å². The predicted octanol–water partition coefficient (Wildman–Crippen LogP) is 4.18. The highest BCUT2D eigenvalue weighted by Crippen LogP contribution is 2.28. The summed E-state index contributed by atoms with van der Waals surface area (Å²) in [7, 11) is 0. The molecule has 5 nitrogen and oxygen atoms in total. The summed E-state index contributed by atoms with van der Waals surface area (Å²) in [6.45, 7) is 14.8. The maximum atomic E-state index is 12.3. The highest BCUT2D eigenvalue weighted by molar-refractivity contribution is 6.01. The minimum Gasteiger partial charge on any atom is -0.504 e. The third-order valence-electron chi connectivity index (χ3n) is 3.18. The van der Waals surface area contributed by atoms with Crippen molar-refractivity contribution in [3.05, 3.63) is 29.7 Å². The monoisotopic (exact) mass is 319 g/mol. The Morgan fingerprint density at radius 2 is 1.74 bits per heavy atom. The Bertz CT molecular complexity index is 623. The maximum absolute atomic E-state index is 12.3. The highest BCUT2D eigenvalue weighted by atomic mass is 16.3. The molecule has 0 aliphatic carbocycles. The van der Waals surface area contributed by atoms with Crippen LogP contribution in [0.25, 0.3) is 10.9 Å². The van der Waals surface area contributed by atoms with E-state index in [1.807, 2.05) is 54.5 Å². The van der Waals surface area contributed by atoms with Gasteiger partial charge in [-0.05, 0) is 32.9 Å². The number of aromatic hydroxyl groups is 1. The van der Waals surface area contributed by atoms with E-state index in [4.69, 9.17) is 0 Å².